The van der Waals surface area contributed by atoms with Gasteiger partial charge in [0.1, 0.15) is 11.4 Å². The van der Waals surface area contributed by atoms with E-state index in [-0.39, 0.29) is 0 Å². The SMILES string of the molecule is CCC(O)(c1ccc(C(C)C)cc1)c1ccc(F)cn1. The number of hydrogen-bond donors (Lipinski definition) is 1. The van der Waals surface area contributed by atoms with Gasteiger partial charge in [0.2, 0.25) is 0 Å². The number of pyridine rings is 1. The maximum absolute atomic E-state index is 13.0. The number of rotatable bonds is 4. The number of aromatic nitrogens is 1. The molecule has 0 fully saturated rings. The summed E-state index contributed by atoms with van der Waals surface area (Å²) in [6, 6.07) is 10.7. The van der Waals surface area contributed by atoms with Crippen LogP contribution in [0.15, 0.2) is 42.6 Å². The van der Waals surface area contributed by atoms with Gasteiger partial charge in [-0.2, -0.15) is 0 Å². The van der Waals surface area contributed by atoms with Gasteiger partial charge in [0.05, 0.1) is 11.9 Å². The topological polar surface area (TPSA) is 33.1 Å². The average Bonchev–Trinajstić information content (AvgIpc) is 2.47. The molecule has 1 unspecified atom stereocenters. The lowest BCUT2D eigenvalue weighted by molar-refractivity contribution is 0.0717. The molecule has 0 spiro atoms. The average molecular weight is 273 g/mol. The van der Waals surface area contributed by atoms with E-state index < -0.39 is 11.4 Å². The molecule has 0 aliphatic rings. The molecular formula is C17H20FNO. The van der Waals surface area contributed by atoms with E-state index in [1.807, 2.05) is 31.2 Å². The zero-order chi connectivity index (χ0) is 14.8. The first-order valence-electron chi connectivity index (χ1n) is 6.92. The maximum atomic E-state index is 13.0. The van der Waals surface area contributed by atoms with E-state index in [0.29, 0.717) is 18.0 Å². The molecule has 0 aliphatic carbocycles. The number of hydrogen-bond acceptors (Lipinski definition) is 2. The Morgan fingerprint density at radius 3 is 2.25 bits per heavy atom. The standard InChI is InChI=1S/C17H20FNO/c1-4-17(20,16-10-9-15(18)11-19-16)14-7-5-13(6-8-14)12(2)3/h5-12,20H,4H2,1-3H3. The monoisotopic (exact) mass is 273 g/mol. The van der Waals surface area contributed by atoms with E-state index in [1.54, 1.807) is 0 Å². The molecule has 20 heavy (non-hydrogen) atoms. The molecule has 0 bridgehead atoms. The molecule has 0 radical (unpaired) electrons. The van der Waals surface area contributed by atoms with Crippen LogP contribution in [0.25, 0.3) is 0 Å². The molecule has 1 atom stereocenters. The van der Waals surface area contributed by atoms with Crippen LogP contribution in [-0.2, 0) is 5.60 Å². The van der Waals surface area contributed by atoms with Crippen LogP contribution in [0.1, 0.15) is 49.9 Å². The number of halogens is 1. The molecule has 106 valence electrons. The van der Waals surface area contributed by atoms with Gasteiger partial charge in [0.15, 0.2) is 0 Å². The van der Waals surface area contributed by atoms with E-state index in [4.69, 9.17) is 0 Å². The minimum absolute atomic E-state index is 0.401. The Kier molecular flexibility index (Phi) is 4.19. The van der Waals surface area contributed by atoms with Crippen LogP contribution in [0.3, 0.4) is 0 Å². The van der Waals surface area contributed by atoms with Crippen molar-refractivity contribution < 1.29 is 9.50 Å². The summed E-state index contributed by atoms with van der Waals surface area (Å²) in [6.45, 7) is 6.15. The van der Waals surface area contributed by atoms with Crippen LogP contribution in [0.4, 0.5) is 4.39 Å². The predicted octanol–water partition coefficient (Wildman–Crippen LogP) is 3.99. The van der Waals surface area contributed by atoms with Crippen LogP contribution in [0.2, 0.25) is 0 Å². The number of benzene rings is 1. The summed E-state index contributed by atoms with van der Waals surface area (Å²) in [4.78, 5) is 4.03. The van der Waals surface area contributed by atoms with E-state index in [2.05, 4.69) is 18.8 Å². The minimum atomic E-state index is -1.18. The highest BCUT2D eigenvalue weighted by Gasteiger charge is 2.31. The van der Waals surface area contributed by atoms with Crippen LogP contribution >= 0.6 is 0 Å². The van der Waals surface area contributed by atoms with E-state index in [1.165, 1.54) is 17.7 Å². The summed E-state index contributed by atoms with van der Waals surface area (Å²) in [6.07, 6.45) is 1.62. The van der Waals surface area contributed by atoms with Gasteiger partial charge in [-0.05, 0) is 35.6 Å². The normalized spacial score (nSPS) is 14.3. The molecule has 1 N–H and O–H groups in total. The van der Waals surface area contributed by atoms with Crippen LogP contribution in [-0.4, -0.2) is 10.1 Å². The Labute approximate surface area is 119 Å². The first-order chi connectivity index (χ1) is 9.47. The summed E-state index contributed by atoms with van der Waals surface area (Å²) in [5.41, 5.74) is 1.30. The highest BCUT2D eigenvalue weighted by molar-refractivity contribution is 5.35. The Morgan fingerprint density at radius 2 is 1.80 bits per heavy atom. The van der Waals surface area contributed by atoms with Gasteiger partial charge >= 0.3 is 0 Å². The highest BCUT2D eigenvalue weighted by atomic mass is 19.1. The van der Waals surface area contributed by atoms with Gasteiger partial charge in [-0.1, -0.05) is 45.0 Å². The van der Waals surface area contributed by atoms with E-state index in [0.717, 1.165) is 11.8 Å². The zero-order valence-electron chi connectivity index (χ0n) is 12.1. The second kappa shape index (κ2) is 5.71. The van der Waals surface area contributed by atoms with Crippen molar-refractivity contribution in [2.24, 2.45) is 0 Å². The van der Waals surface area contributed by atoms with Gasteiger partial charge in [0, 0.05) is 0 Å². The fourth-order valence-electron chi connectivity index (χ4n) is 2.30. The molecule has 1 aromatic carbocycles. The third-order valence-electron chi connectivity index (χ3n) is 3.72. The van der Waals surface area contributed by atoms with Crippen LogP contribution in [0.5, 0.6) is 0 Å². The maximum Gasteiger partial charge on any atom is 0.141 e. The smallest absolute Gasteiger partial charge is 0.141 e. The summed E-state index contributed by atoms with van der Waals surface area (Å²) in [5, 5.41) is 10.9. The van der Waals surface area contributed by atoms with Gasteiger partial charge in [-0.3, -0.25) is 4.98 Å². The van der Waals surface area contributed by atoms with Gasteiger partial charge in [-0.15, -0.1) is 0 Å². The quantitative estimate of drug-likeness (QED) is 0.913. The fourth-order valence-corrected chi connectivity index (χ4v) is 2.30. The lowest BCUT2D eigenvalue weighted by Gasteiger charge is -2.27. The Balaban J connectivity index is 2.42. The van der Waals surface area contributed by atoms with Gasteiger partial charge in [0.25, 0.3) is 0 Å². The highest BCUT2D eigenvalue weighted by Crippen LogP contribution is 2.32. The van der Waals surface area contributed by atoms with Crippen LogP contribution in [0, 0.1) is 5.82 Å². The summed E-state index contributed by atoms with van der Waals surface area (Å²) >= 11 is 0. The van der Waals surface area contributed by atoms with Crippen molar-refractivity contribution in [1.82, 2.24) is 4.98 Å². The van der Waals surface area contributed by atoms with E-state index in [9.17, 15) is 9.50 Å². The number of aliphatic hydroxyl groups is 1. The molecule has 0 saturated carbocycles. The van der Waals surface area contributed by atoms with Crippen molar-refractivity contribution >= 4 is 0 Å². The van der Waals surface area contributed by atoms with E-state index >= 15 is 0 Å². The predicted molar refractivity (Wildman–Crippen MR) is 78.0 cm³/mol. The molecule has 0 saturated heterocycles. The first kappa shape index (κ1) is 14.7. The third kappa shape index (κ3) is 2.73. The molecule has 0 amide bonds. The largest absolute Gasteiger partial charge is 0.379 e. The zero-order valence-corrected chi connectivity index (χ0v) is 12.1. The summed E-state index contributed by atoms with van der Waals surface area (Å²) in [7, 11) is 0. The lowest BCUT2D eigenvalue weighted by Crippen LogP contribution is -2.27. The fraction of sp³-hybridized carbons (Fsp3) is 0.353. The molecule has 2 nitrogen and oxygen atoms in total. The third-order valence-corrected chi connectivity index (χ3v) is 3.72. The Hall–Kier alpha value is -1.74. The van der Waals surface area contributed by atoms with Crippen molar-refractivity contribution in [2.45, 2.75) is 38.7 Å². The van der Waals surface area contributed by atoms with Crippen molar-refractivity contribution in [2.75, 3.05) is 0 Å². The summed E-state index contributed by atoms with van der Waals surface area (Å²) in [5.74, 6) is 0.0464. The summed E-state index contributed by atoms with van der Waals surface area (Å²) < 4.78 is 13.0. The lowest BCUT2D eigenvalue weighted by atomic mass is 9.86. The Morgan fingerprint density at radius 1 is 1.15 bits per heavy atom. The molecule has 3 heteroatoms. The molecule has 1 heterocycles. The van der Waals surface area contributed by atoms with Crippen molar-refractivity contribution in [1.29, 1.82) is 0 Å². The molecule has 2 rings (SSSR count). The first-order valence-corrected chi connectivity index (χ1v) is 6.92. The van der Waals surface area contributed by atoms with Gasteiger partial charge in [-0.25, -0.2) is 4.39 Å². The molecular weight excluding hydrogens is 253 g/mol. The second-order valence-corrected chi connectivity index (χ2v) is 5.35. The van der Waals surface area contributed by atoms with Crippen molar-refractivity contribution in [3.05, 3.63) is 65.2 Å². The molecule has 0 aliphatic heterocycles. The number of nitrogens with zero attached hydrogens (tertiary/aromatic N) is 1. The molecule has 2 aromatic rings. The van der Waals surface area contributed by atoms with Crippen LogP contribution < -0.4 is 0 Å². The van der Waals surface area contributed by atoms with Gasteiger partial charge < -0.3 is 5.11 Å². The molecule has 1 aromatic heterocycles. The van der Waals surface area contributed by atoms with Crippen molar-refractivity contribution in [3.63, 3.8) is 0 Å². The minimum Gasteiger partial charge on any atom is -0.379 e. The second-order valence-electron chi connectivity index (χ2n) is 5.35. The van der Waals surface area contributed by atoms with Crippen molar-refractivity contribution in [3.8, 4) is 0 Å². The Bertz CT molecular complexity index is 563.